The van der Waals surface area contributed by atoms with Crippen molar-refractivity contribution in [3.8, 4) is 11.5 Å². The Balaban J connectivity index is 1.92. The molecule has 0 aliphatic heterocycles. The van der Waals surface area contributed by atoms with Gasteiger partial charge in [-0.25, -0.2) is 10.1 Å². The summed E-state index contributed by atoms with van der Waals surface area (Å²) in [6.07, 6.45) is 2.56. The maximum absolute atomic E-state index is 12.2. The van der Waals surface area contributed by atoms with E-state index in [0.29, 0.717) is 30.8 Å². The van der Waals surface area contributed by atoms with E-state index in [2.05, 4.69) is 5.43 Å². The van der Waals surface area contributed by atoms with Crippen molar-refractivity contribution in [1.82, 2.24) is 5.43 Å². The van der Waals surface area contributed by atoms with Crippen LogP contribution in [-0.4, -0.2) is 31.3 Å². The van der Waals surface area contributed by atoms with Crippen LogP contribution in [0, 0.1) is 16.0 Å². The van der Waals surface area contributed by atoms with Crippen LogP contribution in [0.2, 0.25) is 0 Å². The van der Waals surface area contributed by atoms with Gasteiger partial charge < -0.3 is 14.2 Å². The van der Waals surface area contributed by atoms with Crippen LogP contribution < -0.4 is 14.9 Å². The second-order valence-corrected chi connectivity index (χ2v) is 5.73. The number of hydrogen-bond donors (Lipinski definition) is 1. The molecule has 0 spiro atoms. The van der Waals surface area contributed by atoms with E-state index < -0.39 is 5.03 Å². The van der Waals surface area contributed by atoms with Crippen molar-refractivity contribution >= 4 is 5.97 Å². The highest BCUT2D eigenvalue weighted by molar-refractivity contribution is 5.72. The van der Waals surface area contributed by atoms with E-state index in [1.54, 1.807) is 25.3 Å². The summed E-state index contributed by atoms with van der Waals surface area (Å²) in [6.45, 7) is 0.0931. The Bertz CT molecular complexity index is 592. The van der Waals surface area contributed by atoms with Gasteiger partial charge in [-0.05, 0) is 31.4 Å². The number of rotatable bonds is 7. The number of hydrazine groups is 1. The highest BCUT2D eigenvalue weighted by atomic mass is 16.7. The summed E-state index contributed by atoms with van der Waals surface area (Å²) in [5.41, 5.74) is 2.99. The average molecular weight is 338 g/mol. The lowest BCUT2D eigenvalue weighted by molar-refractivity contribution is -0.552. The van der Waals surface area contributed by atoms with Crippen LogP contribution in [0.3, 0.4) is 0 Å². The molecule has 0 bridgehead atoms. The van der Waals surface area contributed by atoms with Crippen molar-refractivity contribution in [1.29, 1.82) is 0 Å². The molecule has 0 amide bonds. The minimum absolute atomic E-state index is 0.0931. The molecule has 0 aromatic heterocycles. The summed E-state index contributed by atoms with van der Waals surface area (Å²) in [5.74, 6) is 0.588. The number of methoxy groups -OCH3 is 2. The number of benzene rings is 1. The van der Waals surface area contributed by atoms with Crippen molar-refractivity contribution in [2.75, 3.05) is 14.2 Å². The molecule has 1 N–H and O–H groups in total. The quantitative estimate of drug-likeness (QED) is 0.461. The lowest BCUT2D eigenvalue weighted by Crippen LogP contribution is -2.39. The van der Waals surface area contributed by atoms with Gasteiger partial charge in [0, 0.05) is 11.6 Å². The summed E-state index contributed by atoms with van der Waals surface area (Å²) in [4.78, 5) is 22.8. The Morgan fingerprint density at radius 3 is 2.79 bits per heavy atom. The van der Waals surface area contributed by atoms with Gasteiger partial charge in [0.05, 0.1) is 26.2 Å². The minimum Gasteiger partial charge on any atom is -0.497 e. The fourth-order valence-corrected chi connectivity index (χ4v) is 2.91. The topological polar surface area (TPSA) is 99.9 Å². The van der Waals surface area contributed by atoms with Gasteiger partial charge >= 0.3 is 5.97 Å². The summed E-state index contributed by atoms with van der Waals surface area (Å²) in [7, 11) is 3.10. The molecular formula is C16H22N2O6. The molecule has 2 atom stereocenters. The van der Waals surface area contributed by atoms with Crippen LogP contribution in [0.25, 0.3) is 0 Å². The summed E-state index contributed by atoms with van der Waals surface area (Å²) in [6, 6.07) is 4.98. The predicted octanol–water partition coefficient (Wildman–Crippen LogP) is 2.09. The number of carbonyl (C=O) groups is 1. The van der Waals surface area contributed by atoms with Crippen molar-refractivity contribution in [2.24, 2.45) is 5.92 Å². The highest BCUT2D eigenvalue weighted by Gasteiger charge is 2.30. The maximum Gasteiger partial charge on any atom is 0.309 e. The molecule has 8 heteroatoms. The van der Waals surface area contributed by atoms with Gasteiger partial charge in [-0.1, -0.05) is 6.42 Å². The zero-order valence-electron chi connectivity index (χ0n) is 13.8. The monoisotopic (exact) mass is 338 g/mol. The number of nitrogens with zero attached hydrogens (tertiary/aromatic N) is 1. The second-order valence-electron chi connectivity index (χ2n) is 5.73. The Morgan fingerprint density at radius 2 is 2.12 bits per heavy atom. The van der Waals surface area contributed by atoms with Crippen molar-refractivity contribution in [3.63, 3.8) is 0 Å². The molecule has 24 heavy (non-hydrogen) atoms. The van der Waals surface area contributed by atoms with E-state index in [1.165, 1.54) is 7.11 Å². The number of ether oxygens (including phenoxy) is 3. The Hall–Kier alpha value is -2.51. The molecule has 2 rings (SSSR count). The van der Waals surface area contributed by atoms with E-state index in [4.69, 9.17) is 14.2 Å². The summed E-state index contributed by atoms with van der Waals surface area (Å²) >= 11 is 0. The first kappa shape index (κ1) is 17.8. The number of nitro groups is 1. The SMILES string of the molecule is COc1ccc(COC(=O)C2CCCC(N[N+](=O)[O-])C2)c(OC)c1. The van der Waals surface area contributed by atoms with E-state index in [0.717, 1.165) is 12.0 Å². The molecule has 1 aliphatic carbocycles. The minimum atomic E-state index is -0.555. The smallest absolute Gasteiger partial charge is 0.309 e. The molecule has 8 nitrogen and oxygen atoms in total. The molecule has 1 aromatic rings. The Morgan fingerprint density at radius 1 is 1.33 bits per heavy atom. The zero-order chi connectivity index (χ0) is 17.5. The van der Waals surface area contributed by atoms with E-state index in [-0.39, 0.29) is 24.5 Å². The van der Waals surface area contributed by atoms with E-state index in [9.17, 15) is 14.9 Å². The molecule has 1 aliphatic rings. The lowest BCUT2D eigenvalue weighted by Gasteiger charge is -2.25. The highest BCUT2D eigenvalue weighted by Crippen LogP contribution is 2.28. The molecule has 1 fully saturated rings. The zero-order valence-corrected chi connectivity index (χ0v) is 13.8. The normalized spacial score (nSPS) is 20.1. The molecular weight excluding hydrogens is 316 g/mol. The van der Waals surface area contributed by atoms with Gasteiger partial charge in [0.1, 0.15) is 18.1 Å². The Kier molecular flexibility index (Phi) is 6.22. The summed E-state index contributed by atoms with van der Waals surface area (Å²) < 4.78 is 15.8. The predicted molar refractivity (Wildman–Crippen MR) is 85.2 cm³/mol. The first-order chi connectivity index (χ1) is 11.5. The standard InChI is InChI=1S/C16H22N2O6/c1-22-14-7-6-12(15(9-14)23-2)10-24-16(19)11-4-3-5-13(8-11)17-18(20)21/h6-7,9,11,13,17H,3-5,8,10H2,1-2H3. The molecule has 132 valence electrons. The molecule has 1 saturated carbocycles. The van der Waals surface area contributed by atoms with Crippen molar-refractivity contribution < 1.29 is 24.0 Å². The maximum atomic E-state index is 12.2. The number of esters is 1. The largest absolute Gasteiger partial charge is 0.497 e. The third-order valence-corrected chi connectivity index (χ3v) is 4.16. The second kappa shape index (κ2) is 8.37. The first-order valence-electron chi connectivity index (χ1n) is 7.81. The molecule has 2 unspecified atom stereocenters. The number of nitrogens with one attached hydrogen (secondary N) is 1. The molecule has 1 aromatic carbocycles. The van der Waals surface area contributed by atoms with E-state index >= 15 is 0 Å². The van der Waals surface area contributed by atoms with Gasteiger partial charge in [0.2, 0.25) is 0 Å². The molecule has 0 radical (unpaired) electrons. The fourth-order valence-electron chi connectivity index (χ4n) is 2.91. The Labute approximate surface area is 140 Å². The van der Waals surface area contributed by atoms with Crippen LogP contribution in [0.5, 0.6) is 11.5 Å². The van der Waals surface area contributed by atoms with Crippen LogP contribution >= 0.6 is 0 Å². The van der Waals surface area contributed by atoms with Crippen molar-refractivity contribution in [3.05, 3.63) is 33.9 Å². The third kappa shape index (κ3) is 4.74. The van der Waals surface area contributed by atoms with Crippen LogP contribution in [0.4, 0.5) is 0 Å². The van der Waals surface area contributed by atoms with Crippen LogP contribution in [-0.2, 0) is 16.1 Å². The third-order valence-electron chi connectivity index (χ3n) is 4.16. The average Bonchev–Trinajstić information content (AvgIpc) is 2.59. The van der Waals surface area contributed by atoms with Gasteiger partial charge in [0.15, 0.2) is 5.03 Å². The molecule has 0 heterocycles. The van der Waals surface area contributed by atoms with Crippen LogP contribution in [0.15, 0.2) is 18.2 Å². The first-order valence-corrected chi connectivity index (χ1v) is 7.81. The van der Waals surface area contributed by atoms with E-state index in [1.807, 2.05) is 0 Å². The molecule has 0 saturated heterocycles. The van der Waals surface area contributed by atoms with Gasteiger partial charge in [-0.15, -0.1) is 5.43 Å². The van der Waals surface area contributed by atoms with Crippen LogP contribution in [0.1, 0.15) is 31.2 Å². The fraction of sp³-hybridized carbons (Fsp3) is 0.562. The van der Waals surface area contributed by atoms with Gasteiger partial charge in [-0.2, -0.15) is 0 Å². The van der Waals surface area contributed by atoms with Gasteiger partial charge in [0.25, 0.3) is 0 Å². The number of hydrogen-bond acceptors (Lipinski definition) is 6. The van der Waals surface area contributed by atoms with Gasteiger partial charge in [-0.3, -0.25) is 4.79 Å². The lowest BCUT2D eigenvalue weighted by atomic mass is 9.86. The van der Waals surface area contributed by atoms with Crippen molar-refractivity contribution in [2.45, 2.75) is 38.3 Å². The number of carbonyl (C=O) groups excluding carboxylic acids is 1. The summed E-state index contributed by atoms with van der Waals surface area (Å²) in [5, 5.41) is 9.98.